The lowest BCUT2D eigenvalue weighted by Gasteiger charge is -2.36. The second-order valence-electron chi connectivity index (χ2n) is 11.5. The van der Waals surface area contributed by atoms with Gasteiger partial charge in [-0.25, -0.2) is 13.2 Å². The first-order chi connectivity index (χ1) is 18.2. The molecule has 0 bridgehead atoms. The Morgan fingerprint density at radius 3 is 1.90 bits per heavy atom. The average molecular weight is 616 g/mol. The third-order valence-corrected chi connectivity index (χ3v) is 16.0. The van der Waals surface area contributed by atoms with E-state index in [9.17, 15) is 25.8 Å². The van der Waals surface area contributed by atoms with Gasteiger partial charge in [-0.05, 0) is 54.3 Å². The zero-order chi connectivity index (χ0) is 30.6. The van der Waals surface area contributed by atoms with E-state index in [1.54, 1.807) is 26.0 Å². The first-order valence-corrected chi connectivity index (χ1v) is 18.0. The van der Waals surface area contributed by atoms with Crippen molar-refractivity contribution in [2.24, 2.45) is 0 Å². The van der Waals surface area contributed by atoms with Gasteiger partial charge >= 0.3 is 16.4 Å². The number of nitrogens with zero attached hydrogens (tertiary/aromatic N) is 3. The van der Waals surface area contributed by atoms with E-state index < -0.39 is 40.8 Å². The number of alkyl halides is 3. The summed E-state index contributed by atoms with van der Waals surface area (Å²) in [7, 11) is -4.82. The Balaban J connectivity index is 2.51. The van der Waals surface area contributed by atoms with Crippen molar-refractivity contribution in [3.8, 4) is 17.0 Å². The maximum atomic E-state index is 14.4. The summed E-state index contributed by atoms with van der Waals surface area (Å²) in [5.74, 6) is 0.611. The zero-order valence-electron chi connectivity index (χ0n) is 24.4. The lowest BCUT2D eigenvalue weighted by atomic mass is 10.1. The summed E-state index contributed by atoms with van der Waals surface area (Å²) in [4.78, 5) is 5.12. The molecule has 2 aromatic carbocycles. The van der Waals surface area contributed by atoms with E-state index in [-0.39, 0.29) is 26.8 Å². The molecule has 0 saturated carbocycles. The number of hydrogen-bond acceptors (Lipinski definition) is 5. The van der Waals surface area contributed by atoms with Gasteiger partial charge in [0.05, 0.1) is 12.7 Å². The van der Waals surface area contributed by atoms with E-state index in [0.717, 1.165) is 20.4 Å². The molecule has 1 heterocycles. The van der Waals surface area contributed by atoms with Gasteiger partial charge in [0.1, 0.15) is 35.8 Å². The summed E-state index contributed by atoms with van der Waals surface area (Å²) < 4.78 is 89.8. The topological polar surface area (TPSA) is 81.5 Å². The molecule has 1 aromatic heterocycles. The Morgan fingerprint density at radius 2 is 1.50 bits per heavy atom. The van der Waals surface area contributed by atoms with Crippen LogP contribution < -0.4 is 10.2 Å². The fourth-order valence-corrected chi connectivity index (χ4v) is 9.65. The molecule has 0 aliphatic heterocycles. The third kappa shape index (κ3) is 5.65. The van der Waals surface area contributed by atoms with E-state index in [1.807, 2.05) is 33.9 Å². The second-order valence-corrected chi connectivity index (χ2v) is 20.0. The van der Waals surface area contributed by atoms with Crippen LogP contribution in [0, 0.1) is 13.8 Å². The van der Waals surface area contributed by atoms with Gasteiger partial charge in [0.25, 0.3) is 0 Å². The molecule has 7 nitrogen and oxygen atoms in total. The van der Waals surface area contributed by atoms with Gasteiger partial charge in [0, 0.05) is 24.6 Å². The maximum Gasteiger partial charge on any atom is 0.416 e. The fourth-order valence-electron chi connectivity index (χ4n) is 4.12. The van der Waals surface area contributed by atoms with Gasteiger partial charge in [-0.3, -0.25) is 0 Å². The molecule has 0 N–H and O–H groups in total. The summed E-state index contributed by atoms with van der Waals surface area (Å²) in [6, 6.07) is 7.61. The van der Waals surface area contributed by atoms with E-state index in [4.69, 9.17) is 9.72 Å². The highest BCUT2D eigenvalue weighted by Gasteiger charge is 2.46. The van der Waals surface area contributed by atoms with Crippen molar-refractivity contribution in [1.29, 1.82) is 0 Å². The van der Waals surface area contributed by atoms with Crippen molar-refractivity contribution in [2.75, 3.05) is 21.2 Å². The van der Waals surface area contributed by atoms with Crippen molar-refractivity contribution in [3.63, 3.8) is 0 Å². The molecule has 0 radical (unpaired) electrons. The lowest BCUT2D eigenvalue weighted by Crippen LogP contribution is -2.56. The molecule has 0 spiro atoms. The van der Waals surface area contributed by atoms with Crippen LogP contribution >= 0.6 is 0 Å². The molecule has 0 aliphatic rings. The Bertz CT molecular complexity index is 1530. The van der Waals surface area contributed by atoms with Crippen LogP contribution in [0.3, 0.4) is 0 Å². The van der Waals surface area contributed by atoms with Gasteiger partial charge < -0.3 is 4.74 Å². The molecule has 1 atom stereocenters. The summed E-state index contributed by atoms with van der Waals surface area (Å²) in [5.41, 5.74) is 1.09. The molecular formula is C27H36F3N3O4S2Si. The maximum absolute atomic E-state index is 14.4. The van der Waals surface area contributed by atoms with E-state index in [2.05, 4.69) is 0 Å². The SMILES string of the molecule is COc1c(C)cc(S(=O)c2c(-c3ccc(C(F)(F)F)cc3)nc([Si](C)(C)C(C)(C)C)n2S(=O)(=O)N(C)C)cc1C. The molecule has 0 amide bonds. The number of benzene rings is 2. The predicted octanol–water partition coefficient (Wildman–Crippen LogP) is 5.73. The summed E-state index contributed by atoms with van der Waals surface area (Å²) in [6.07, 6.45) is -4.55. The van der Waals surface area contributed by atoms with Crippen LogP contribution in [0.25, 0.3) is 11.3 Å². The predicted molar refractivity (Wildman–Crippen MR) is 155 cm³/mol. The molecule has 13 heteroatoms. The quantitative estimate of drug-likeness (QED) is 0.317. The number of imidazole rings is 1. The largest absolute Gasteiger partial charge is 0.496 e. The Labute approximate surface area is 238 Å². The van der Waals surface area contributed by atoms with E-state index >= 15 is 0 Å². The minimum absolute atomic E-state index is 0.0587. The summed E-state index contributed by atoms with van der Waals surface area (Å²) in [5, 5.41) is -0.487. The average Bonchev–Trinajstić information content (AvgIpc) is 3.24. The second kappa shape index (κ2) is 10.7. The molecule has 40 heavy (non-hydrogen) atoms. The van der Waals surface area contributed by atoms with Crippen molar-refractivity contribution in [3.05, 3.63) is 53.1 Å². The van der Waals surface area contributed by atoms with Gasteiger partial charge in [-0.15, -0.1) is 0 Å². The van der Waals surface area contributed by atoms with E-state index in [1.165, 1.54) is 33.3 Å². The van der Waals surface area contributed by atoms with Gasteiger partial charge in [-0.1, -0.05) is 46.0 Å². The lowest BCUT2D eigenvalue weighted by molar-refractivity contribution is -0.137. The molecule has 0 saturated heterocycles. The first kappa shape index (κ1) is 32.0. The van der Waals surface area contributed by atoms with Gasteiger partial charge in [0.2, 0.25) is 0 Å². The van der Waals surface area contributed by atoms with Crippen molar-refractivity contribution in [2.45, 2.75) is 68.8 Å². The number of hydrogen-bond donors (Lipinski definition) is 0. The van der Waals surface area contributed by atoms with Crippen molar-refractivity contribution in [1.82, 2.24) is 13.3 Å². The van der Waals surface area contributed by atoms with E-state index in [0.29, 0.717) is 21.8 Å². The minimum atomic E-state index is -4.55. The standard InChI is InChI=1S/C27H36F3N3O4S2Si/c1-17-15-21(16-18(2)23(17)37-8)38(34)24-22(19-11-13-20(14-12-19)27(28,29)30)31-25(40(9,10)26(3,4)5)33(24)39(35,36)32(6)7/h11-16H,1-10H3. The molecule has 3 aromatic rings. The summed E-state index contributed by atoms with van der Waals surface area (Å²) in [6.45, 7) is 13.5. The van der Waals surface area contributed by atoms with Crippen LogP contribution in [0.2, 0.25) is 18.1 Å². The number of rotatable bonds is 7. The van der Waals surface area contributed by atoms with Crippen LogP contribution in [0.1, 0.15) is 37.5 Å². The Hall–Kier alpha value is -2.48. The highest BCUT2D eigenvalue weighted by molar-refractivity contribution is 7.89. The third-order valence-electron chi connectivity index (χ3n) is 7.44. The first-order valence-electron chi connectivity index (χ1n) is 12.5. The van der Waals surface area contributed by atoms with Crippen LogP contribution in [0.5, 0.6) is 5.75 Å². The number of ether oxygens (including phenoxy) is 1. The van der Waals surface area contributed by atoms with Crippen LogP contribution in [0.4, 0.5) is 13.2 Å². The molecular weight excluding hydrogens is 580 g/mol. The van der Waals surface area contributed by atoms with Gasteiger partial charge in [0.15, 0.2) is 5.03 Å². The minimum Gasteiger partial charge on any atom is -0.496 e. The van der Waals surface area contributed by atoms with Crippen LogP contribution in [-0.4, -0.2) is 55.2 Å². The molecule has 1 unspecified atom stereocenters. The van der Waals surface area contributed by atoms with Gasteiger partial charge in [-0.2, -0.15) is 25.9 Å². The van der Waals surface area contributed by atoms with Crippen molar-refractivity contribution < 1.29 is 30.5 Å². The van der Waals surface area contributed by atoms with Crippen LogP contribution in [-0.2, 0) is 27.2 Å². The highest BCUT2D eigenvalue weighted by atomic mass is 32.2. The van der Waals surface area contributed by atoms with Crippen LogP contribution in [0.15, 0.2) is 46.3 Å². The molecule has 0 fully saturated rings. The monoisotopic (exact) mass is 615 g/mol. The van der Waals surface area contributed by atoms with Crippen molar-refractivity contribution >= 4 is 34.5 Å². The smallest absolute Gasteiger partial charge is 0.416 e. The Kier molecular flexibility index (Phi) is 8.59. The number of aryl methyl sites for hydroxylation is 2. The Morgan fingerprint density at radius 1 is 1.00 bits per heavy atom. The molecule has 3 rings (SSSR count). The normalized spacial score (nSPS) is 14.1. The number of methoxy groups -OCH3 is 1. The zero-order valence-corrected chi connectivity index (χ0v) is 27.0. The fraction of sp³-hybridized carbons (Fsp3) is 0.444. The molecule has 0 aliphatic carbocycles. The summed E-state index contributed by atoms with van der Waals surface area (Å²) >= 11 is 0. The molecule has 220 valence electrons. The highest BCUT2D eigenvalue weighted by Crippen LogP contribution is 2.39. The number of aromatic nitrogens is 2. The number of halogens is 3.